The first-order valence-electron chi connectivity index (χ1n) is 5.32. The van der Waals surface area contributed by atoms with Crippen LogP contribution in [-0.4, -0.2) is 16.4 Å². The molecule has 86 valence electrons. The standard InChI is InChI=1S/C11H14ClN3O/c12-9-4-3-8(7-14-9)15-10(16)11(13)5-1-2-6-11/h3-4,7H,1-2,5-6,13H2,(H,15,16). The molecule has 1 aromatic rings. The predicted octanol–water partition coefficient (Wildman–Crippen LogP) is 1.94. The Morgan fingerprint density at radius 2 is 2.12 bits per heavy atom. The van der Waals surface area contributed by atoms with Gasteiger partial charge in [0.15, 0.2) is 0 Å². The Morgan fingerprint density at radius 1 is 1.44 bits per heavy atom. The van der Waals surface area contributed by atoms with Crippen LogP contribution in [0.2, 0.25) is 5.15 Å². The van der Waals surface area contributed by atoms with Crippen molar-refractivity contribution < 1.29 is 4.79 Å². The summed E-state index contributed by atoms with van der Waals surface area (Å²) in [6, 6.07) is 3.35. The summed E-state index contributed by atoms with van der Waals surface area (Å²) in [6.07, 6.45) is 5.06. The minimum atomic E-state index is -0.709. The van der Waals surface area contributed by atoms with Crippen molar-refractivity contribution in [3.63, 3.8) is 0 Å². The topological polar surface area (TPSA) is 68.0 Å². The molecule has 4 nitrogen and oxygen atoms in total. The number of carbonyl (C=O) groups excluding carboxylic acids is 1. The zero-order valence-electron chi connectivity index (χ0n) is 8.87. The minimum Gasteiger partial charge on any atom is -0.323 e. The Bertz CT molecular complexity index is 385. The molecule has 2 rings (SSSR count). The molecule has 0 bridgehead atoms. The van der Waals surface area contributed by atoms with Crippen molar-refractivity contribution in [2.75, 3.05) is 5.32 Å². The molecular formula is C11H14ClN3O. The number of nitrogens with one attached hydrogen (secondary N) is 1. The van der Waals surface area contributed by atoms with Crippen LogP contribution < -0.4 is 11.1 Å². The SMILES string of the molecule is NC1(C(=O)Nc2ccc(Cl)nc2)CCCC1. The fourth-order valence-electron chi connectivity index (χ4n) is 1.94. The van der Waals surface area contributed by atoms with Crippen LogP contribution in [0.1, 0.15) is 25.7 Å². The van der Waals surface area contributed by atoms with E-state index in [9.17, 15) is 4.79 Å². The van der Waals surface area contributed by atoms with E-state index >= 15 is 0 Å². The molecular weight excluding hydrogens is 226 g/mol. The van der Waals surface area contributed by atoms with Crippen LogP contribution >= 0.6 is 11.6 Å². The maximum Gasteiger partial charge on any atom is 0.244 e. The van der Waals surface area contributed by atoms with Crippen molar-refractivity contribution in [1.29, 1.82) is 0 Å². The summed E-state index contributed by atoms with van der Waals surface area (Å²) in [6.45, 7) is 0. The minimum absolute atomic E-state index is 0.130. The molecule has 0 unspecified atom stereocenters. The van der Waals surface area contributed by atoms with E-state index in [0.29, 0.717) is 10.8 Å². The molecule has 1 amide bonds. The van der Waals surface area contributed by atoms with Crippen molar-refractivity contribution in [2.24, 2.45) is 5.73 Å². The van der Waals surface area contributed by atoms with Crippen molar-refractivity contribution in [3.05, 3.63) is 23.5 Å². The van der Waals surface area contributed by atoms with Crippen LogP contribution in [0.3, 0.4) is 0 Å². The Kier molecular flexibility index (Phi) is 3.12. The van der Waals surface area contributed by atoms with Crippen LogP contribution in [-0.2, 0) is 4.79 Å². The molecule has 0 atom stereocenters. The van der Waals surface area contributed by atoms with E-state index < -0.39 is 5.54 Å². The lowest BCUT2D eigenvalue weighted by molar-refractivity contribution is -0.121. The number of halogens is 1. The molecule has 1 fully saturated rings. The van der Waals surface area contributed by atoms with Gasteiger partial charge in [0.2, 0.25) is 5.91 Å². The highest BCUT2D eigenvalue weighted by Gasteiger charge is 2.36. The summed E-state index contributed by atoms with van der Waals surface area (Å²) in [5, 5.41) is 3.17. The molecule has 1 saturated carbocycles. The van der Waals surface area contributed by atoms with Crippen molar-refractivity contribution in [2.45, 2.75) is 31.2 Å². The third-order valence-electron chi connectivity index (χ3n) is 2.93. The van der Waals surface area contributed by atoms with Gasteiger partial charge in [0, 0.05) is 0 Å². The van der Waals surface area contributed by atoms with E-state index in [2.05, 4.69) is 10.3 Å². The molecule has 16 heavy (non-hydrogen) atoms. The van der Waals surface area contributed by atoms with Gasteiger partial charge in [-0.1, -0.05) is 24.4 Å². The molecule has 0 saturated heterocycles. The largest absolute Gasteiger partial charge is 0.323 e. The highest BCUT2D eigenvalue weighted by molar-refractivity contribution is 6.29. The molecule has 1 aliphatic rings. The molecule has 1 aliphatic carbocycles. The fourth-order valence-corrected chi connectivity index (χ4v) is 2.05. The molecule has 3 N–H and O–H groups in total. The van der Waals surface area contributed by atoms with Gasteiger partial charge in [-0.3, -0.25) is 4.79 Å². The number of nitrogens with two attached hydrogens (primary N) is 1. The molecule has 0 radical (unpaired) electrons. The van der Waals surface area contributed by atoms with E-state index in [0.717, 1.165) is 25.7 Å². The first-order chi connectivity index (χ1) is 7.60. The summed E-state index contributed by atoms with van der Waals surface area (Å²) in [7, 11) is 0. The Morgan fingerprint density at radius 3 is 2.69 bits per heavy atom. The molecule has 1 aromatic heterocycles. The van der Waals surface area contributed by atoms with Gasteiger partial charge in [-0.15, -0.1) is 0 Å². The lowest BCUT2D eigenvalue weighted by Gasteiger charge is -2.22. The van der Waals surface area contributed by atoms with E-state index in [1.54, 1.807) is 12.1 Å². The van der Waals surface area contributed by atoms with Gasteiger partial charge < -0.3 is 11.1 Å². The first-order valence-corrected chi connectivity index (χ1v) is 5.70. The number of hydrogen-bond donors (Lipinski definition) is 2. The van der Waals surface area contributed by atoms with Gasteiger partial charge in [0.1, 0.15) is 5.15 Å². The third-order valence-corrected chi connectivity index (χ3v) is 3.16. The van der Waals surface area contributed by atoms with Gasteiger partial charge in [0.25, 0.3) is 0 Å². The highest BCUT2D eigenvalue weighted by Crippen LogP contribution is 2.28. The lowest BCUT2D eigenvalue weighted by atomic mass is 9.98. The fraction of sp³-hybridized carbons (Fsp3) is 0.455. The van der Waals surface area contributed by atoms with Crippen LogP contribution in [0.5, 0.6) is 0 Å². The number of hydrogen-bond acceptors (Lipinski definition) is 3. The summed E-state index contributed by atoms with van der Waals surface area (Å²) in [4.78, 5) is 15.8. The van der Waals surface area contributed by atoms with Crippen LogP contribution in [0.15, 0.2) is 18.3 Å². The number of amides is 1. The van der Waals surface area contributed by atoms with Crippen molar-refractivity contribution in [3.8, 4) is 0 Å². The van der Waals surface area contributed by atoms with Gasteiger partial charge >= 0.3 is 0 Å². The van der Waals surface area contributed by atoms with E-state index in [1.807, 2.05) is 0 Å². The number of rotatable bonds is 2. The summed E-state index contributed by atoms with van der Waals surface area (Å²) >= 11 is 5.65. The van der Waals surface area contributed by atoms with E-state index in [-0.39, 0.29) is 5.91 Å². The monoisotopic (exact) mass is 239 g/mol. The maximum atomic E-state index is 11.9. The van der Waals surface area contributed by atoms with Gasteiger partial charge in [0.05, 0.1) is 17.4 Å². The number of aromatic nitrogens is 1. The van der Waals surface area contributed by atoms with Crippen molar-refractivity contribution >= 4 is 23.2 Å². The zero-order chi connectivity index (χ0) is 11.6. The molecule has 0 spiro atoms. The maximum absolute atomic E-state index is 11.9. The Hall–Kier alpha value is -1.13. The molecule has 1 heterocycles. The Balaban J connectivity index is 2.04. The van der Waals surface area contributed by atoms with Crippen LogP contribution in [0, 0.1) is 0 Å². The second kappa shape index (κ2) is 4.39. The second-order valence-corrected chi connectivity index (χ2v) is 4.57. The van der Waals surface area contributed by atoms with Gasteiger partial charge in [-0.05, 0) is 25.0 Å². The van der Waals surface area contributed by atoms with Crippen LogP contribution in [0.4, 0.5) is 5.69 Å². The first kappa shape index (κ1) is 11.4. The second-order valence-electron chi connectivity index (χ2n) is 4.19. The molecule has 5 heteroatoms. The molecule has 0 aromatic carbocycles. The van der Waals surface area contributed by atoms with Crippen molar-refractivity contribution in [1.82, 2.24) is 4.98 Å². The zero-order valence-corrected chi connectivity index (χ0v) is 9.63. The predicted molar refractivity (Wildman–Crippen MR) is 63.3 cm³/mol. The summed E-state index contributed by atoms with van der Waals surface area (Å²) < 4.78 is 0. The number of anilines is 1. The third kappa shape index (κ3) is 2.33. The number of pyridine rings is 1. The van der Waals surface area contributed by atoms with Gasteiger partial charge in [-0.25, -0.2) is 4.98 Å². The normalized spacial score (nSPS) is 18.4. The number of carbonyl (C=O) groups is 1. The van der Waals surface area contributed by atoms with E-state index in [1.165, 1.54) is 6.20 Å². The average Bonchev–Trinajstić information content (AvgIpc) is 2.70. The summed E-state index contributed by atoms with van der Waals surface area (Å²) in [5.41, 5.74) is 5.94. The van der Waals surface area contributed by atoms with Gasteiger partial charge in [-0.2, -0.15) is 0 Å². The summed E-state index contributed by atoms with van der Waals surface area (Å²) in [5.74, 6) is -0.130. The highest BCUT2D eigenvalue weighted by atomic mass is 35.5. The van der Waals surface area contributed by atoms with Crippen LogP contribution in [0.25, 0.3) is 0 Å². The molecule has 0 aliphatic heterocycles. The lowest BCUT2D eigenvalue weighted by Crippen LogP contribution is -2.48. The smallest absolute Gasteiger partial charge is 0.244 e. The van der Waals surface area contributed by atoms with E-state index in [4.69, 9.17) is 17.3 Å². The Labute approximate surface area is 99.2 Å². The average molecular weight is 240 g/mol. The quantitative estimate of drug-likeness (QED) is 0.775. The number of nitrogens with zero attached hydrogens (tertiary/aromatic N) is 1.